The summed E-state index contributed by atoms with van der Waals surface area (Å²) in [4.78, 5) is 29.0. The van der Waals surface area contributed by atoms with Crippen LogP contribution in [-0.2, 0) is 25.6 Å². The van der Waals surface area contributed by atoms with Crippen LogP contribution in [0.3, 0.4) is 0 Å². The van der Waals surface area contributed by atoms with Gasteiger partial charge in [-0.2, -0.15) is 0 Å². The quantitative estimate of drug-likeness (QED) is 0.405. The van der Waals surface area contributed by atoms with E-state index in [9.17, 15) is 19.7 Å². The Morgan fingerprint density at radius 2 is 1.98 bits per heavy atom. The van der Waals surface area contributed by atoms with Gasteiger partial charge in [0.25, 0.3) is 0 Å². The predicted molar refractivity (Wildman–Crippen MR) is 147 cm³/mol. The highest BCUT2D eigenvalue weighted by Crippen LogP contribution is 2.67. The standard InChI is InChI=1S/C30H43BFNO7/c1-17-9-11-30-12-10-20(34)26(30)29(17,4)22(13-28(3,16-33(5)6)27(36)18(30)2)40-23(35)15-38-21-8-7-19-14-39-31(37)24(19)25(21)32/h7-8,17-18,22,26-27,36-37H,9-16H2,1-6H3. The number of ether oxygens (including phenoxy) is 2. The molecule has 1 aromatic rings. The average molecular weight is 559 g/mol. The molecule has 0 amide bonds. The van der Waals surface area contributed by atoms with Gasteiger partial charge in [0.15, 0.2) is 18.2 Å². The second kappa shape index (κ2) is 10.4. The number of Topliss-reactive ketones (excluding diaryl/α,β-unsaturated/α-hetero) is 1. The second-order valence-corrected chi connectivity index (χ2v) is 13.6. The maximum Gasteiger partial charge on any atom is 0.494 e. The lowest BCUT2D eigenvalue weighted by atomic mass is 9.44. The molecule has 1 aromatic carbocycles. The third-order valence-electron chi connectivity index (χ3n) is 11.1. The summed E-state index contributed by atoms with van der Waals surface area (Å²) >= 11 is 0. The maximum atomic E-state index is 15.0. The first-order valence-electron chi connectivity index (χ1n) is 14.5. The van der Waals surface area contributed by atoms with Gasteiger partial charge in [-0.1, -0.05) is 33.8 Å². The molecule has 5 rings (SSSR count). The zero-order valence-corrected chi connectivity index (χ0v) is 24.5. The predicted octanol–water partition coefficient (Wildman–Crippen LogP) is 2.70. The van der Waals surface area contributed by atoms with E-state index in [2.05, 4.69) is 27.7 Å². The number of nitrogens with zero attached hydrogens (tertiary/aromatic N) is 1. The Labute approximate surface area is 236 Å². The maximum absolute atomic E-state index is 15.0. The Morgan fingerprint density at radius 3 is 2.67 bits per heavy atom. The summed E-state index contributed by atoms with van der Waals surface area (Å²) in [5.41, 5.74) is -1.01. The van der Waals surface area contributed by atoms with Crippen LogP contribution in [0.1, 0.15) is 65.4 Å². The smallest absolute Gasteiger partial charge is 0.479 e. The lowest BCUT2D eigenvalue weighted by molar-refractivity contribution is -0.213. The molecule has 0 radical (unpaired) electrons. The molecular weight excluding hydrogens is 516 g/mol. The largest absolute Gasteiger partial charge is 0.494 e. The van der Waals surface area contributed by atoms with E-state index in [-0.39, 0.29) is 46.8 Å². The zero-order chi connectivity index (χ0) is 29.2. The Bertz CT molecular complexity index is 1180. The molecule has 10 heteroatoms. The van der Waals surface area contributed by atoms with Crippen molar-refractivity contribution < 1.29 is 38.2 Å². The van der Waals surface area contributed by atoms with Crippen LogP contribution in [0.25, 0.3) is 0 Å². The average Bonchev–Trinajstić information content (AvgIpc) is 3.44. The summed E-state index contributed by atoms with van der Waals surface area (Å²) in [6, 6.07) is 3.02. The SMILES string of the molecule is CC1C(O)C(C)(CN(C)C)CC(OC(=O)COc2ccc3c(c2F)B(O)OC3)C2(C)C(C)CCC13CCC(=O)C32. The van der Waals surface area contributed by atoms with Gasteiger partial charge in [0.1, 0.15) is 11.9 Å². The normalized spacial score (nSPS) is 39.0. The first kappa shape index (κ1) is 29.5. The monoisotopic (exact) mass is 559 g/mol. The van der Waals surface area contributed by atoms with E-state index in [0.29, 0.717) is 24.9 Å². The van der Waals surface area contributed by atoms with Crippen LogP contribution in [0, 0.1) is 39.8 Å². The van der Waals surface area contributed by atoms with Crippen LogP contribution in [0.5, 0.6) is 5.75 Å². The molecule has 8 unspecified atom stereocenters. The molecule has 1 aliphatic heterocycles. The van der Waals surface area contributed by atoms with Gasteiger partial charge in [0, 0.05) is 35.2 Å². The summed E-state index contributed by atoms with van der Waals surface area (Å²) in [7, 11) is 2.56. The highest BCUT2D eigenvalue weighted by atomic mass is 19.1. The lowest BCUT2D eigenvalue weighted by Gasteiger charge is -2.62. The van der Waals surface area contributed by atoms with E-state index in [1.165, 1.54) is 6.07 Å². The number of rotatable bonds is 6. The number of carbonyl (C=O) groups is 2. The van der Waals surface area contributed by atoms with E-state index in [0.717, 1.165) is 19.3 Å². The number of fused-ring (bicyclic) bond motifs is 1. The molecule has 4 aliphatic rings. The van der Waals surface area contributed by atoms with Crippen molar-refractivity contribution in [1.82, 2.24) is 4.90 Å². The molecule has 1 heterocycles. The molecule has 0 spiro atoms. The summed E-state index contributed by atoms with van der Waals surface area (Å²) in [5.74, 6) is -1.66. The number of benzene rings is 1. The third kappa shape index (κ3) is 4.50. The van der Waals surface area contributed by atoms with E-state index in [4.69, 9.17) is 14.1 Å². The topological polar surface area (TPSA) is 106 Å². The molecule has 2 N–H and O–H groups in total. The number of hydrogen-bond donors (Lipinski definition) is 2. The molecule has 0 aromatic heterocycles. The van der Waals surface area contributed by atoms with E-state index in [1.807, 2.05) is 19.0 Å². The molecule has 2 bridgehead atoms. The van der Waals surface area contributed by atoms with Gasteiger partial charge in [0.2, 0.25) is 0 Å². The third-order valence-corrected chi connectivity index (χ3v) is 11.1. The van der Waals surface area contributed by atoms with E-state index >= 15 is 4.39 Å². The number of ketones is 1. The van der Waals surface area contributed by atoms with Gasteiger partial charge in [0.05, 0.1) is 12.7 Å². The Kier molecular flexibility index (Phi) is 7.64. The first-order chi connectivity index (χ1) is 18.7. The molecule has 3 fully saturated rings. The van der Waals surface area contributed by atoms with Gasteiger partial charge >= 0.3 is 13.1 Å². The number of halogens is 1. The molecule has 3 saturated carbocycles. The van der Waals surface area contributed by atoms with Crippen molar-refractivity contribution in [2.24, 2.45) is 34.0 Å². The van der Waals surface area contributed by atoms with Gasteiger partial charge in [-0.15, -0.1) is 0 Å². The first-order valence-corrected chi connectivity index (χ1v) is 14.5. The van der Waals surface area contributed by atoms with Gasteiger partial charge < -0.3 is 29.2 Å². The Hall–Kier alpha value is -2.01. The summed E-state index contributed by atoms with van der Waals surface area (Å²) in [5, 5.41) is 21.9. The Morgan fingerprint density at radius 1 is 1.25 bits per heavy atom. The van der Waals surface area contributed by atoms with Crippen molar-refractivity contribution in [3.8, 4) is 5.75 Å². The number of carbonyl (C=O) groups excluding carboxylic acids is 2. The van der Waals surface area contributed by atoms with Crippen molar-refractivity contribution in [2.75, 3.05) is 27.2 Å². The van der Waals surface area contributed by atoms with Crippen LogP contribution >= 0.6 is 0 Å². The highest BCUT2D eigenvalue weighted by molar-refractivity contribution is 6.61. The number of esters is 1. The van der Waals surface area contributed by atoms with Gasteiger partial charge in [-0.05, 0) is 68.7 Å². The zero-order valence-electron chi connectivity index (χ0n) is 24.5. The van der Waals surface area contributed by atoms with Crippen LogP contribution in [0.15, 0.2) is 12.1 Å². The molecule has 220 valence electrons. The summed E-state index contributed by atoms with van der Waals surface area (Å²) in [6.45, 7) is 8.57. The van der Waals surface area contributed by atoms with Crippen molar-refractivity contribution in [2.45, 2.75) is 78.6 Å². The number of hydrogen-bond acceptors (Lipinski definition) is 8. The molecule has 8 nitrogen and oxygen atoms in total. The summed E-state index contributed by atoms with van der Waals surface area (Å²) < 4.78 is 31.9. The highest BCUT2D eigenvalue weighted by Gasteiger charge is 2.68. The van der Waals surface area contributed by atoms with Gasteiger partial charge in [-0.3, -0.25) is 4.79 Å². The molecule has 40 heavy (non-hydrogen) atoms. The minimum atomic E-state index is -1.37. The van der Waals surface area contributed by atoms with Crippen molar-refractivity contribution in [3.63, 3.8) is 0 Å². The van der Waals surface area contributed by atoms with Gasteiger partial charge in [-0.25, -0.2) is 9.18 Å². The Balaban J connectivity index is 1.46. The van der Waals surface area contributed by atoms with Crippen molar-refractivity contribution in [3.05, 3.63) is 23.5 Å². The minimum Gasteiger partial charge on any atom is -0.479 e. The fraction of sp³-hybridized carbons (Fsp3) is 0.733. The number of aliphatic hydroxyl groups excluding tert-OH is 1. The van der Waals surface area contributed by atoms with E-state index < -0.39 is 48.5 Å². The molecule has 0 saturated heterocycles. The van der Waals surface area contributed by atoms with Crippen LogP contribution < -0.4 is 10.2 Å². The van der Waals surface area contributed by atoms with Crippen LogP contribution in [-0.4, -0.2) is 73.4 Å². The lowest BCUT2D eigenvalue weighted by Crippen LogP contribution is -2.64. The molecular formula is C30H43BFNO7. The van der Waals surface area contributed by atoms with Crippen LogP contribution in [0.2, 0.25) is 0 Å². The summed E-state index contributed by atoms with van der Waals surface area (Å²) in [6.07, 6.45) is 2.03. The number of aliphatic hydroxyl groups is 1. The van der Waals surface area contributed by atoms with E-state index in [1.54, 1.807) is 6.07 Å². The minimum absolute atomic E-state index is 0.0214. The van der Waals surface area contributed by atoms with Crippen LogP contribution in [0.4, 0.5) is 4.39 Å². The fourth-order valence-electron chi connectivity index (χ4n) is 8.93. The molecule has 8 atom stereocenters. The fourth-order valence-corrected chi connectivity index (χ4v) is 8.93. The van der Waals surface area contributed by atoms with Crippen molar-refractivity contribution in [1.29, 1.82) is 0 Å². The molecule has 3 aliphatic carbocycles. The van der Waals surface area contributed by atoms with Crippen molar-refractivity contribution >= 4 is 24.3 Å². The second-order valence-electron chi connectivity index (χ2n) is 13.6.